The van der Waals surface area contributed by atoms with E-state index in [1.54, 1.807) is 0 Å². The second-order valence-corrected chi connectivity index (χ2v) is 13.9. The monoisotopic (exact) mass is 345 g/mol. The maximum absolute atomic E-state index is 12.1. The van der Waals surface area contributed by atoms with Gasteiger partial charge >= 0.3 is 6.09 Å². The minimum Gasteiger partial charge on any atom is -0.444 e. The first kappa shape index (κ1) is 20.5. The number of ether oxygens (including phenoxy) is 1. The van der Waals surface area contributed by atoms with Crippen LogP contribution in [-0.4, -0.2) is 43.4 Å². The first-order valence-electron chi connectivity index (χ1n) is 8.57. The van der Waals surface area contributed by atoms with Crippen molar-refractivity contribution in [2.24, 2.45) is 0 Å². The minimum absolute atomic E-state index is 0.0892. The van der Waals surface area contributed by atoms with Crippen LogP contribution in [0.3, 0.4) is 0 Å². The highest BCUT2D eigenvalue weighted by Gasteiger charge is 2.42. The first-order valence-corrected chi connectivity index (χ1v) is 11.5. The van der Waals surface area contributed by atoms with Gasteiger partial charge in [-0.15, -0.1) is 0 Å². The molecule has 0 bridgehead atoms. The van der Waals surface area contributed by atoms with Crippen molar-refractivity contribution in [3.63, 3.8) is 0 Å². The molecule has 0 aromatic heterocycles. The van der Waals surface area contributed by atoms with Gasteiger partial charge in [-0.1, -0.05) is 20.8 Å². The molecule has 1 saturated carbocycles. The number of aliphatic hydroxyl groups excluding tert-OH is 1. The van der Waals surface area contributed by atoms with Crippen molar-refractivity contribution >= 4 is 14.4 Å². The molecule has 1 aliphatic rings. The number of rotatable bonds is 3. The Kier molecular flexibility index (Phi) is 6.32. The zero-order valence-corrected chi connectivity index (χ0v) is 17.0. The van der Waals surface area contributed by atoms with E-state index in [4.69, 9.17) is 9.16 Å². The SMILES string of the molecule is CC(C)(C)OC(=O)NC1CC[C@H](O)C[C@@H]1O[Si](C)(C)C(C)(C)C. The molecule has 6 heteroatoms. The van der Waals surface area contributed by atoms with E-state index in [1.165, 1.54) is 0 Å². The Morgan fingerprint density at radius 3 is 2.17 bits per heavy atom. The smallest absolute Gasteiger partial charge is 0.407 e. The Hall–Kier alpha value is -0.593. The van der Waals surface area contributed by atoms with Gasteiger partial charge in [0.2, 0.25) is 0 Å². The molecule has 1 aliphatic carbocycles. The van der Waals surface area contributed by atoms with E-state index in [1.807, 2.05) is 20.8 Å². The Bertz CT molecular complexity index is 412. The van der Waals surface area contributed by atoms with Gasteiger partial charge in [0, 0.05) is 6.42 Å². The lowest BCUT2D eigenvalue weighted by molar-refractivity contribution is 0.0112. The van der Waals surface area contributed by atoms with Gasteiger partial charge in [-0.2, -0.15) is 0 Å². The summed E-state index contributed by atoms with van der Waals surface area (Å²) in [4.78, 5) is 12.1. The van der Waals surface area contributed by atoms with Crippen molar-refractivity contribution in [3.8, 4) is 0 Å². The van der Waals surface area contributed by atoms with Crippen LogP contribution < -0.4 is 5.32 Å². The summed E-state index contributed by atoms with van der Waals surface area (Å²) >= 11 is 0. The molecule has 0 aromatic rings. The average Bonchev–Trinajstić information content (AvgIpc) is 2.28. The van der Waals surface area contributed by atoms with Crippen LogP contribution in [-0.2, 0) is 9.16 Å². The van der Waals surface area contributed by atoms with Crippen LogP contribution in [0.25, 0.3) is 0 Å². The van der Waals surface area contributed by atoms with Crippen LogP contribution in [0.5, 0.6) is 0 Å². The lowest BCUT2D eigenvalue weighted by Crippen LogP contribution is -2.55. The van der Waals surface area contributed by atoms with E-state index in [0.717, 1.165) is 0 Å². The highest BCUT2D eigenvalue weighted by molar-refractivity contribution is 6.74. The molecule has 5 nitrogen and oxygen atoms in total. The Morgan fingerprint density at radius 2 is 1.70 bits per heavy atom. The van der Waals surface area contributed by atoms with E-state index in [0.29, 0.717) is 19.3 Å². The van der Waals surface area contributed by atoms with Gasteiger partial charge in [-0.05, 0) is 51.7 Å². The molecule has 0 aliphatic heterocycles. The fraction of sp³-hybridized carbons (Fsp3) is 0.941. The van der Waals surface area contributed by atoms with E-state index < -0.39 is 20.0 Å². The number of hydrogen-bond acceptors (Lipinski definition) is 4. The molecule has 1 fully saturated rings. The topological polar surface area (TPSA) is 67.8 Å². The maximum atomic E-state index is 12.1. The van der Waals surface area contributed by atoms with Crippen molar-refractivity contribution in [2.45, 2.75) is 103 Å². The van der Waals surface area contributed by atoms with Gasteiger partial charge in [0.05, 0.1) is 18.2 Å². The van der Waals surface area contributed by atoms with Crippen LogP contribution in [0.15, 0.2) is 0 Å². The second kappa shape index (κ2) is 7.11. The fourth-order valence-corrected chi connectivity index (χ4v) is 3.79. The van der Waals surface area contributed by atoms with Gasteiger partial charge in [0.1, 0.15) is 5.60 Å². The highest BCUT2D eigenvalue weighted by atomic mass is 28.4. The molecule has 0 radical (unpaired) electrons. The molecule has 136 valence electrons. The standard InChI is InChI=1S/C17H35NO4Si/c1-16(2,3)21-15(20)18-13-10-9-12(19)11-14(13)22-23(7,8)17(4,5)6/h12-14,19H,9-11H2,1-8H3,(H,18,20)/t12-,13?,14-/m0/s1. The third-order valence-electron chi connectivity index (χ3n) is 4.72. The van der Waals surface area contributed by atoms with Crippen LogP contribution in [0.4, 0.5) is 4.79 Å². The fourth-order valence-electron chi connectivity index (χ4n) is 2.42. The van der Waals surface area contributed by atoms with Crippen molar-refractivity contribution in [3.05, 3.63) is 0 Å². The third-order valence-corrected chi connectivity index (χ3v) is 9.22. The van der Waals surface area contributed by atoms with Crippen molar-refractivity contribution in [1.29, 1.82) is 0 Å². The largest absolute Gasteiger partial charge is 0.444 e. The Balaban J connectivity index is 2.78. The summed E-state index contributed by atoms with van der Waals surface area (Å²) in [7, 11) is -1.96. The normalized spacial score (nSPS) is 26.7. The molecule has 23 heavy (non-hydrogen) atoms. The molecule has 0 aromatic carbocycles. The molecule has 0 heterocycles. The summed E-state index contributed by atoms with van der Waals surface area (Å²) in [5.74, 6) is 0. The lowest BCUT2D eigenvalue weighted by Gasteiger charge is -2.44. The molecule has 1 unspecified atom stereocenters. The van der Waals surface area contributed by atoms with Crippen LogP contribution in [0.1, 0.15) is 60.8 Å². The number of hydrogen-bond donors (Lipinski definition) is 2. The Morgan fingerprint density at radius 1 is 1.13 bits per heavy atom. The number of nitrogens with one attached hydrogen (secondary N) is 1. The van der Waals surface area contributed by atoms with Crippen LogP contribution in [0, 0.1) is 0 Å². The van der Waals surface area contributed by atoms with Gasteiger partial charge < -0.3 is 19.6 Å². The molecule has 0 saturated heterocycles. The van der Waals surface area contributed by atoms with Gasteiger partial charge in [0.25, 0.3) is 0 Å². The molecule has 1 rings (SSSR count). The predicted octanol–water partition coefficient (Wildman–Crippen LogP) is 3.81. The van der Waals surface area contributed by atoms with Crippen molar-refractivity contribution < 1.29 is 19.1 Å². The molecular weight excluding hydrogens is 310 g/mol. The van der Waals surface area contributed by atoms with E-state index in [2.05, 4.69) is 39.2 Å². The summed E-state index contributed by atoms with van der Waals surface area (Å²) in [6.07, 6.45) is 1.01. The number of alkyl carbamates (subject to hydrolysis) is 1. The molecule has 1 amide bonds. The molecule has 3 atom stereocenters. The average molecular weight is 346 g/mol. The van der Waals surface area contributed by atoms with Gasteiger partial charge in [-0.25, -0.2) is 4.79 Å². The zero-order chi connectivity index (χ0) is 18.1. The van der Waals surface area contributed by atoms with E-state index in [9.17, 15) is 9.90 Å². The van der Waals surface area contributed by atoms with Gasteiger partial charge in [-0.3, -0.25) is 0 Å². The van der Waals surface area contributed by atoms with Crippen LogP contribution in [0.2, 0.25) is 18.1 Å². The quantitative estimate of drug-likeness (QED) is 0.763. The molecule has 0 spiro atoms. The zero-order valence-electron chi connectivity index (χ0n) is 16.0. The summed E-state index contributed by atoms with van der Waals surface area (Å²) in [6, 6.07) is -0.109. The van der Waals surface area contributed by atoms with E-state index >= 15 is 0 Å². The summed E-state index contributed by atoms with van der Waals surface area (Å²) in [6.45, 7) is 16.5. The predicted molar refractivity (Wildman–Crippen MR) is 95.1 cm³/mol. The lowest BCUT2D eigenvalue weighted by atomic mass is 9.90. The van der Waals surface area contributed by atoms with Crippen molar-refractivity contribution in [2.75, 3.05) is 0 Å². The Labute approximate surface area is 142 Å². The second-order valence-electron chi connectivity index (χ2n) is 9.14. The maximum Gasteiger partial charge on any atom is 0.407 e. The summed E-state index contributed by atoms with van der Waals surface area (Å²) in [5.41, 5.74) is -0.520. The first-order chi connectivity index (χ1) is 10.2. The third kappa shape index (κ3) is 6.43. The summed E-state index contributed by atoms with van der Waals surface area (Å²) in [5, 5.41) is 13.0. The molecule has 2 N–H and O–H groups in total. The number of amides is 1. The molecular formula is C17H35NO4Si. The number of carbonyl (C=O) groups is 1. The number of carbonyl (C=O) groups excluding carboxylic acids is 1. The van der Waals surface area contributed by atoms with E-state index in [-0.39, 0.29) is 23.3 Å². The summed E-state index contributed by atoms with van der Waals surface area (Å²) < 4.78 is 11.8. The highest BCUT2D eigenvalue weighted by Crippen LogP contribution is 2.39. The van der Waals surface area contributed by atoms with Crippen molar-refractivity contribution in [1.82, 2.24) is 5.32 Å². The van der Waals surface area contributed by atoms with Gasteiger partial charge in [0.15, 0.2) is 8.32 Å². The minimum atomic E-state index is -1.96. The number of aliphatic hydroxyl groups is 1. The van der Waals surface area contributed by atoms with Crippen LogP contribution >= 0.6 is 0 Å².